The van der Waals surface area contributed by atoms with Crippen molar-refractivity contribution >= 4 is 34.1 Å². The number of hydrogen-bond acceptors (Lipinski definition) is 6. The fourth-order valence-electron chi connectivity index (χ4n) is 0.899. The Labute approximate surface area is 88.4 Å². The Morgan fingerprint density at radius 1 is 1.57 bits per heavy atom. The molecule has 0 saturated carbocycles. The molecule has 0 radical (unpaired) electrons. The number of rotatable bonds is 2. The zero-order valence-electron chi connectivity index (χ0n) is 7.25. The van der Waals surface area contributed by atoms with Crippen LogP contribution in [0.15, 0.2) is 17.8 Å². The van der Waals surface area contributed by atoms with Crippen LogP contribution >= 0.6 is 23.1 Å². The van der Waals surface area contributed by atoms with Crippen LogP contribution in [0.25, 0.3) is 0 Å². The predicted octanol–water partition coefficient (Wildman–Crippen LogP) is 1.27. The summed E-state index contributed by atoms with van der Waals surface area (Å²) in [6.45, 7) is 0. The van der Waals surface area contributed by atoms with Gasteiger partial charge in [-0.25, -0.2) is 4.98 Å². The Hall–Kier alpha value is -1.34. The molecule has 0 saturated heterocycles. The van der Waals surface area contributed by atoms with Crippen molar-refractivity contribution in [1.29, 1.82) is 0 Å². The van der Waals surface area contributed by atoms with Gasteiger partial charge in [-0.15, -0.1) is 11.3 Å². The molecule has 0 unspecified atom stereocenters. The number of nitrogens with zero attached hydrogens (tertiary/aromatic N) is 4. The molecular weight excluding hydrogens is 220 g/mol. The topological polar surface area (TPSA) is 59.0 Å². The van der Waals surface area contributed by atoms with Gasteiger partial charge in [0.2, 0.25) is 0 Å². The lowest BCUT2D eigenvalue weighted by Gasteiger charge is -2.10. The first-order chi connectivity index (χ1) is 6.79. The maximum atomic E-state index is 11.7. The van der Waals surface area contributed by atoms with Gasteiger partial charge in [0.1, 0.15) is 0 Å². The van der Waals surface area contributed by atoms with Crippen LogP contribution in [0.3, 0.4) is 0 Å². The van der Waals surface area contributed by atoms with E-state index >= 15 is 0 Å². The van der Waals surface area contributed by atoms with Crippen molar-refractivity contribution in [2.75, 3.05) is 11.9 Å². The average molecular weight is 226 g/mol. The number of anilines is 1. The van der Waals surface area contributed by atoms with Crippen molar-refractivity contribution in [2.45, 2.75) is 0 Å². The summed E-state index contributed by atoms with van der Waals surface area (Å²) in [6, 6.07) is 0. The van der Waals surface area contributed by atoms with Gasteiger partial charge in [0.15, 0.2) is 10.8 Å². The van der Waals surface area contributed by atoms with E-state index in [9.17, 15) is 4.79 Å². The van der Waals surface area contributed by atoms with Gasteiger partial charge < -0.3 is 0 Å². The largest absolute Gasteiger partial charge is 0.286 e. The number of aromatic nitrogens is 3. The second-order valence-corrected chi connectivity index (χ2v) is 3.90. The zero-order valence-corrected chi connectivity index (χ0v) is 8.88. The summed E-state index contributed by atoms with van der Waals surface area (Å²) in [5.74, 6) is -0.186. The molecule has 0 aliphatic rings. The minimum absolute atomic E-state index is 0.186. The molecule has 0 aliphatic heterocycles. The van der Waals surface area contributed by atoms with Crippen LogP contribution in [-0.2, 0) is 0 Å². The molecule has 2 aromatic heterocycles. The zero-order chi connectivity index (χ0) is 9.97. The lowest BCUT2D eigenvalue weighted by molar-refractivity contribution is 0.0989. The smallest absolute Gasteiger partial charge is 0.281 e. The van der Waals surface area contributed by atoms with Gasteiger partial charge in [-0.1, -0.05) is 0 Å². The maximum absolute atomic E-state index is 11.7. The highest BCUT2D eigenvalue weighted by Crippen LogP contribution is 2.17. The molecule has 0 bridgehead atoms. The molecule has 5 nitrogen and oxygen atoms in total. The van der Waals surface area contributed by atoms with E-state index in [1.165, 1.54) is 22.4 Å². The summed E-state index contributed by atoms with van der Waals surface area (Å²) in [6.07, 6.45) is 3.11. The highest BCUT2D eigenvalue weighted by atomic mass is 32.1. The molecule has 0 atom stereocenters. The highest BCUT2D eigenvalue weighted by Gasteiger charge is 2.17. The summed E-state index contributed by atoms with van der Waals surface area (Å²) >= 11 is 2.42. The molecule has 2 rings (SSSR count). The highest BCUT2D eigenvalue weighted by molar-refractivity contribution is 7.13. The van der Waals surface area contributed by atoms with E-state index < -0.39 is 0 Å². The van der Waals surface area contributed by atoms with Crippen molar-refractivity contribution in [3.8, 4) is 0 Å². The van der Waals surface area contributed by atoms with Crippen LogP contribution in [-0.4, -0.2) is 26.7 Å². The van der Waals surface area contributed by atoms with Gasteiger partial charge in [0.25, 0.3) is 5.91 Å². The van der Waals surface area contributed by atoms with Gasteiger partial charge >= 0.3 is 0 Å². The number of carbonyl (C=O) groups is 1. The molecule has 0 aliphatic carbocycles. The van der Waals surface area contributed by atoms with Gasteiger partial charge in [-0.2, -0.15) is 8.75 Å². The third-order valence-electron chi connectivity index (χ3n) is 1.59. The monoisotopic (exact) mass is 226 g/mol. The van der Waals surface area contributed by atoms with Crippen LogP contribution < -0.4 is 4.90 Å². The molecule has 0 fully saturated rings. The molecule has 1 amide bonds. The van der Waals surface area contributed by atoms with Crippen molar-refractivity contribution in [2.24, 2.45) is 0 Å². The van der Waals surface area contributed by atoms with Crippen LogP contribution in [0.2, 0.25) is 0 Å². The van der Waals surface area contributed by atoms with Crippen molar-refractivity contribution < 1.29 is 4.79 Å². The van der Waals surface area contributed by atoms with Crippen LogP contribution in [0.5, 0.6) is 0 Å². The number of thiazole rings is 1. The van der Waals surface area contributed by atoms with E-state index in [0.717, 1.165) is 11.7 Å². The first kappa shape index (κ1) is 9.22. The molecule has 0 aromatic carbocycles. The molecule has 0 N–H and O–H groups in total. The third-order valence-corrected chi connectivity index (χ3v) is 2.92. The molecule has 7 heteroatoms. The summed E-state index contributed by atoms with van der Waals surface area (Å²) in [5.41, 5.74) is 0.354. The number of hydrogen-bond donors (Lipinski definition) is 0. The van der Waals surface area contributed by atoms with E-state index in [2.05, 4.69) is 13.7 Å². The van der Waals surface area contributed by atoms with Crippen molar-refractivity contribution in [3.63, 3.8) is 0 Å². The molecule has 0 spiro atoms. The first-order valence-corrected chi connectivity index (χ1v) is 5.35. The number of amides is 1. The van der Waals surface area contributed by atoms with E-state index in [1.807, 2.05) is 5.38 Å². The predicted molar refractivity (Wildman–Crippen MR) is 54.8 cm³/mol. The van der Waals surface area contributed by atoms with Gasteiger partial charge in [0.05, 0.1) is 17.9 Å². The van der Waals surface area contributed by atoms with Gasteiger partial charge in [-0.05, 0) is 0 Å². The lowest BCUT2D eigenvalue weighted by atomic mass is 10.4. The standard InChI is InChI=1S/C7H6N4OS2/c1-11(7-8-2-3-13-7)6(12)5-4-9-14-10-5/h2-4H,1H3. The SMILES string of the molecule is CN(C(=O)c1cnsn1)c1nccs1. The minimum atomic E-state index is -0.186. The van der Waals surface area contributed by atoms with Crippen LogP contribution in [0.1, 0.15) is 10.5 Å². The lowest BCUT2D eigenvalue weighted by Crippen LogP contribution is -2.26. The van der Waals surface area contributed by atoms with Gasteiger partial charge in [-0.3, -0.25) is 9.69 Å². The van der Waals surface area contributed by atoms with Crippen molar-refractivity contribution in [3.05, 3.63) is 23.5 Å². The minimum Gasteiger partial charge on any atom is -0.286 e. The molecular formula is C7H6N4OS2. The Morgan fingerprint density at radius 3 is 3.00 bits per heavy atom. The second kappa shape index (κ2) is 3.81. The molecule has 14 heavy (non-hydrogen) atoms. The maximum Gasteiger partial charge on any atom is 0.281 e. The molecule has 72 valence electrons. The quantitative estimate of drug-likeness (QED) is 0.773. The van der Waals surface area contributed by atoms with E-state index in [-0.39, 0.29) is 5.91 Å². The fraction of sp³-hybridized carbons (Fsp3) is 0.143. The Morgan fingerprint density at radius 2 is 2.43 bits per heavy atom. The normalized spacial score (nSPS) is 10.1. The molecule has 2 heterocycles. The van der Waals surface area contributed by atoms with Crippen LogP contribution in [0.4, 0.5) is 5.13 Å². The van der Waals surface area contributed by atoms with E-state index in [4.69, 9.17) is 0 Å². The number of carbonyl (C=O) groups excluding carboxylic acids is 1. The Bertz CT molecular complexity index is 411. The van der Waals surface area contributed by atoms with Crippen molar-refractivity contribution in [1.82, 2.24) is 13.7 Å². The van der Waals surface area contributed by atoms with Gasteiger partial charge in [0, 0.05) is 18.6 Å². The Kier molecular flexibility index (Phi) is 2.51. The van der Waals surface area contributed by atoms with Crippen LogP contribution in [0, 0.1) is 0 Å². The summed E-state index contributed by atoms with van der Waals surface area (Å²) in [7, 11) is 1.67. The summed E-state index contributed by atoms with van der Waals surface area (Å²) < 4.78 is 7.64. The Balaban J connectivity index is 2.21. The third kappa shape index (κ3) is 1.64. The second-order valence-electron chi connectivity index (χ2n) is 2.47. The van der Waals surface area contributed by atoms with E-state index in [1.54, 1.807) is 13.2 Å². The summed E-state index contributed by atoms with van der Waals surface area (Å²) in [4.78, 5) is 17.2. The summed E-state index contributed by atoms with van der Waals surface area (Å²) in [5, 5.41) is 2.47. The molecule has 2 aromatic rings. The average Bonchev–Trinajstić information content (AvgIpc) is 2.87. The fourth-order valence-corrected chi connectivity index (χ4v) is 1.91. The van der Waals surface area contributed by atoms with E-state index in [0.29, 0.717) is 10.8 Å². The first-order valence-electron chi connectivity index (χ1n) is 3.74.